The van der Waals surface area contributed by atoms with Crippen molar-refractivity contribution in [2.45, 2.75) is 18.4 Å². The molecule has 0 bridgehead atoms. The predicted octanol–water partition coefficient (Wildman–Crippen LogP) is 2.71. The van der Waals surface area contributed by atoms with E-state index < -0.39 is 0 Å². The van der Waals surface area contributed by atoms with Crippen LogP contribution in [0.5, 0.6) is 0 Å². The first kappa shape index (κ1) is 18.1. The molecule has 2 aromatic rings. The van der Waals surface area contributed by atoms with E-state index in [1.165, 1.54) is 11.6 Å². The van der Waals surface area contributed by atoms with Gasteiger partial charge in [-0.15, -0.1) is 0 Å². The predicted molar refractivity (Wildman–Crippen MR) is 105 cm³/mol. The molecule has 0 radical (unpaired) electrons. The summed E-state index contributed by atoms with van der Waals surface area (Å²) in [6.07, 6.45) is 1.05. The molecule has 0 unspecified atom stereocenters. The van der Waals surface area contributed by atoms with Crippen molar-refractivity contribution < 1.29 is 9.18 Å². The van der Waals surface area contributed by atoms with Crippen LogP contribution in [-0.4, -0.2) is 61.5 Å². The van der Waals surface area contributed by atoms with Gasteiger partial charge in [-0.2, -0.15) is 0 Å². The molecule has 2 aliphatic rings. The Morgan fingerprint density at radius 3 is 2.48 bits per heavy atom. The normalized spacial score (nSPS) is 22.7. The minimum atomic E-state index is -0.196. The van der Waals surface area contributed by atoms with Crippen LogP contribution >= 0.6 is 0 Å². The zero-order valence-electron chi connectivity index (χ0n) is 15.7. The highest BCUT2D eigenvalue weighted by Gasteiger charge is 2.38. The number of amides is 1. The standard InChI is InChI=1S/C22H26FN3O/c1-25-10-12-26(13-11-25)22(27)15-24-21-14-19(21)17-8-6-16(7-9-17)18-4-2-3-5-20(18)23/h2-9,19,21,24H,10-15H2,1H3/t19-,21+/m1/s1. The van der Waals surface area contributed by atoms with E-state index in [1.54, 1.807) is 12.1 Å². The maximum Gasteiger partial charge on any atom is 0.236 e. The number of nitrogens with zero attached hydrogens (tertiary/aromatic N) is 2. The SMILES string of the molecule is CN1CCN(C(=O)CN[C@H]2C[C@@H]2c2ccc(-c3ccccc3F)cc2)CC1. The van der Waals surface area contributed by atoms with Crippen molar-refractivity contribution in [1.29, 1.82) is 0 Å². The smallest absolute Gasteiger partial charge is 0.236 e. The highest BCUT2D eigenvalue weighted by Crippen LogP contribution is 2.41. The number of carbonyl (C=O) groups excluding carboxylic acids is 1. The fourth-order valence-electron chi connectivity index (χ4n) is 3.78. The largest absolute Gasteiger partial charge is 0.339 e. The fraction of sp³-hybridized carbons (Fsp3) is 0.409. The first-order chi connectivity index (χ1) is 13.1. The molecule has 1 aliphatic heterocycles. The summed E-state index contributed by atoms with van der Waals surface area (Å²) in [7, 11) is 2.09. The zero-order chi connectivity index (χ0) is 18.8. The number of benzene rings is 2. The third-order valence-electron chi connectivity index (χ3n) is 5.69. The van der Waals surface area contributed by atoms with E-state index in [0.29, 0.717) is 24.1 Å². The summed E-state index contributed by atoms with van der Waals surface area (Å²) in [6, 6.07) is 15.3. The summed E-state index contributed by atoms with van der Waals surface area (Å²) >= 11 is 0. The Labute approximate surface area is 160 Å². The van der Waals surface area contributed by atoms with Crippen molar-refractivity contribution in [3.05, 3.63) is 59.9 Å². The maximum absolute atomic E-state index is 13.9. The molecule has 5 heteroatoms. The van der Waals surface area contributed by atoms with Crippen molar-refractivity contribution in [3.63, 3.8) is 0 Å². The second-order valence-electron chi connectivity index (χ2n) is 7.62. The molecule has 1 N–H and O–H groups in total. The van der Waals surface area contributed by atoms with Crippen LogP contribution in [-0.2, 0) is 4.79 Å². The average Bonchev–Trinajstić information content (AvgIpc) is 3.47. The van der Waals surface area contributed by atoms with Gasteiger partial charge in [0.2, 0.25) is 5.91 Å². The first-order valence-corrected chi connectivity index (χ1v) is 9.66. The van der Waals surface area contributed by atoms with Crippen LogP contribution in [0.3, 0.4) is 0 Å². The number of halogens is 1. The van der Waals surface area contributed by atoms with Gasteiger partial charge in [0, 0.05) is 43.7 Å². The number of nitrogens with one attached hydrogen (secondary N) is 1. The van der Waals surface area contributed by atoms with Gasteiger partial charge in [-0.05, 0) is 30.7 Å². The van der Waals surface area contributed by atoms with Crippen molar-refractivity contribution in [3.8, 4) is 11.1 Å². The Morgan fingerprint density at radius 1 is 1.07 bits per heavy atom. The van der Waals surface area contributed by atoms with Crippen LogP contribution < -0.4 is 5.32 Å². The van der Waals surface area contributed by atoms with Gasteiger partial charge in [-0.1, -0.05) is 42.5 Å². The summed E-state index contributed by atoms with van der Waals surface area (Å²) in [4.78, 5) is 16.5. The Kier molecular flexibility index (Phi) is 5.23. The van der Waals surface area contributed by atoms with E-state index in [-0.39, 0.29) is 11.7 Å². The molecule has 0 aromatic heterocycles. The van der Waals surface area contributed by atoms with Crippen molar-refractivity contribution in [2.24, 2.45) is 0 Å². The maximum atomic E-state index is 13.9. The van der Waals surface area contributed by atoms with Gasteiger partial charge in [0.1, 0.15) is 5.82 Å². The van der Waals surface area contributed by atoms with Crippen LogP contribution in [0.1, 0.15) is 17.9 Å². The summed E-state index contributed by atoms with van der Waals surface area (Å²) < 4.78 is 13.9. The number of carbonyl (C=O) groups is 1. The van der Waals surface area contributed by atoms with E-state index in [2.05, 4.69) is 29.4 Å². The van der Waals surface area contributed by atoms with Crippen molar-refractivity contribution in [2.75, 3.05) is 39.8 Å². The number of hydrogen-bond donors (Lipinski definition) is 1. The molecular formula is C22H26FN3O. The fourth-order valence-corrected chi connectivity index (χ4v) is 3.78. The molecule has 2 fully saturated rings. The molecule has 0 spiro atoms. The topological polar surface area (TPSA) is 35.6 Å². The highest BCUT2D eigenvalue weighted by atomic mass is 19.1. The minimum absolute atomic E-state index is 0.196. The molecule has 2 atom stereocenters. The van der Waals surface area contributed by atoms with Gasteiger partial charge in [0.15, 0.2) is 0 Å². The second kappa shape index (κ2) is 7.79. The molecule has 2 aromatic carbocycles. The molecule has 1 amide bonds. The molecule has 1 heterocycles. The van der Waals surface area contributed by atoms with Crippen molar-refractivity contribution in [1.82, 2.24) is 15.1 Å². The Balaban J connectivity index is 1.29. The molecular weight excluding hydrogens is 341 g/mol. The first-order valence-electron chi connectivity index (χ1n) is 9.66. The lowest BCUT2D eigenvalue weighted by Gasteiger charge is -2.32. The van der Waals surface area contributed by atoms with E-state index in [4.69, 9.17) is 0 Å². The van der Waals surface area contributed by atoms with E-state index in [9.17, 15) is 9.18 Å². The lowest BCUT2D eigenvalue weighted by molar-refractivity contribution is -0.131. The Bertz CT molecular complexity index is 799. The summed E-state index contributed by atoms with van der Waals surface area (Å²) in [5, 5.41) is 3.40. The third kappa shape index (κ3) is 4.20. The number of piperazine rings is 1. The average molecular weight is 367 g/mol. The molecule has 1 aliphatic carbocycles. The van der Waals surface area contributed by atoms with Gasteiger partial charge in [-0.3, -0.25) is 4.79 Å². The minimum Gasteiger partial charge on any atom is -0.339 e. The van der Waals surface area contributed by atoms with E-state index in [1.807, 2.05) is 23.1 Å². The molecule has 27 heavy (non-hydrogen) atoms. The third-order valence-corrected chi connectivity index (χ3v) is 5.69. The van der Waals surface area contributed by atoms with Gasteiger partial charge >= 0.3 is 0 Å². The van der Waals surface area contributed by atoms with E-state index >= 15 is 0 Å². The summed E-state index contributed by atoms with van der Waals surface area (Å²) in [5.41, 5.74) is 2.78. The number of likely N-dealkylation sites (N-methyl/N-ethyl adjacent to an activating group) is 1. The van der Waals surface area contributed by atoms with Crippen LogP contribution in [0.15, 0.2) is 48.5 Å². The van der Waals surface area contributed by atoms with Crippen LogP contribution in [0.25, 0.3) is 11.1 Å². The highest BCUT2D eigenvalue weighted by molar-refractivity contribution is 5.78. The van der Waals surface area contributed by atoms with Crippen LogP contribution in [0.2, 0.25) is 0 Å². The van der Waals surface area contributed by atoms with Gasteiger partial charge < -0.3 is 15.1 Å². The van der Waals surface area contributed by atoms with Crippen LogP contribution in [0, 0.1) is 5.82 Å². The second-order valence-corrected chi connectivity index (χ2v) is 7.62. The van der Waals surface area contributed by atoms with Crippen LogP contribution in [0.4, 0.5) is 4.39 Å². The number of rotatable bonds is 5. The lowest BCUT2D eigenvalue weighted by Crippen LogP contribution is -2.49. The quantitative estimate of drug-likeness (QED) is 0.883. The molecule has 4 nitrogen and oxygen atoms in total. The monoisotopic (exact) mass is 367 g/mol. The Hall–Kier alpha value is -2.24. The molecule has 1 saturated heterocycles. The molecule has 4 rings (SSSR count). The summed E-state index contributed by atoms with van der Waals surface area (Å²) in [6.45, 7) is 3.96. The number of hydrogen-bond acceptors (Lipinski definition) is 3. The lowest BCUT2D eigenvalue weighted by atomic mass is 10.0. The molecule has 1 saturated carbocycles. The van der Waals surface area contributed by atoms with Gasteiger partial charge in [0.25, 0.3) is 0 Å². The summed E-state index contributed by atoms with van der Waals surface area (Å²) in [5.74, 6) is 0.447. The molecule has 142 valence electrons. The van der Waals surface area contributed by atoms with Gasteiger partial charge in [0.05, 0.1) is 6.54 Å². The zero-order valence-corrected chi connectivity index (χ0v) is 15.7. The van der Waals surface area contributed by atoms with E-state index in [0.717, 1.165) is 38.2 Å². The Morgan fingerprint density at radius 2 is 1.78 bits per heavy atom. The van der Waals surface area contributed by atoms with Crippen molar-refractivity contribution >= 4 is 5.91 Å². The van der Waals surface area contributed by atoms with Gasteiger partial charge in [-0.25, -0.2) is 4.39 Å².